The van der Waals surface area contributed by atoms with Gasteiger partial charge < -0.3 is 10.2 Å². The lowest BCUT2D eigenvalue weighted by molar-refractivity contribution is 0.0225. The van der Waals surface area contributed by atoms with Crippen molar-refractivity contribution in [3.05, 3.63) is 0 Å². The van der Waals surface area contributed by atoms with Crippen LogP contribution in [0.3, 0.4) is 0 Å². The van der Waals surface area contributed by atoms with E-state index in [4.69, 9.17) is 5.11 Å². The lowest BCUT2D eigenvalue weighted by Crippen LogP contribution is -2.29. The molecular weight excluding hydrogens is 152 g/mol. The summed E-state index contributed by atoms with van der Waals surface area (Å²) in [5.41, 5.74) is 0. The maximum atomic E-state index is 9.43. The van der Waals surface area contributed by atoms with Gasteiger partial charge in [0.1, 0.15) is 0 Å². The summed E-state index contributed by atoms with van der Waals surface area (Å²) >= 11 is 0. The lowest BCUT2D eigenvalue weighted by Gasteiger charge is -2.30. The molecule has 0 amide bonds. The highest BCUT2D eigenvalue weighted by Gasteiger charge is 2.24. The van der Waals surface area contributed by atoms with Gasteiger partial charge in [0.15, 0.2) is 0 Å². The molecule has 1 rings (SSSR count). The zero-order chi connectivity index (χ0) is 8.97. The molecule has 1 aliphatic rings. The van der Waals surface area contributed by atoms with Crippen molar-refractivity contribution in [3.63, 3.8) is 0 Å². The van der Waals surface area contributed by atoms with Crippen LogP contribution in [0.15, 0.2) is 0 Å². The van der Waals surface area contributed by atoms with E-state index in [1.165, 1.54) is 32.1 Å². The van der Waals surface area contributed by atoms with Crippen LogP contribution in [0.2, 0.25) is 0 Å². The van der Waals surface area contributed by atoms with E-state index in [-0.39, 0.29) is 12.5 Å². The van der Waals surface area contributed by atoms with Crippen LogP contribution in [-0.4, -0.2) is 22.9 Å². The van der Waals surface area contributed by atoms with Crippen LogP contribution in [-0.2, 0) is 0 Å². The molecule has 0 heterocycles. The molecule has 0 aliphatic heterocycles. The van der Waals surface area contributed by atoms with Crippen molar-refractivity contribution < 1.29 is 10.2 Å². The average Bonchev–Trinajstić information content (AvgIpc) is 2.17. The van der Waals surface area contributed by atoms with Crippen LogP contribution in [0, 0.1) is 11.8 Å². The number of aliphatic hydroxyl groups excluding tert-OH is 2. The molecule has 0 spiro atoms. The van der Waals surface area contributed by atoms with E-state index in [0.717, 1.165) is 0 Å². The average molecular weight is 172 g/mol. The van der Waals surface area contributed by atoms with E-state index in [1.54, 1.807) is 0 Å². The minimum Gasteiger partial charge on any atom is -0.394 e. The Bertz CT molecular complexity index is 119. The minimum atomic E-state index is -0.506. The second-order valence-electron chi connectivity index (χ2n) is 4.01. The summed E-state index contributed by atoms with van der Waals surface area (Å²) in [4.78, 5) is 0. The molecular formula is C10H20O2. The molecule has 0 saturated heterocycles. The monoisotopic (exact) mass is 172 g/mol. The van der Waals surface area contributed by atoms with Gasteiger partial charge in [-0.15, -0.1) is 0 Å². The van der Waals surface area contributed by atoms with Gasteiger partial charge in [0.25, 0.3) is 0 Å². The Morgan fingerprint density at radius 2 is 1.83 bits per heavy atom. The van der Waals surface area contributed by atoms with Gasteiger partial charge in [0.05, 0.1) is 12.7 Å². The second-order valence-corrected chi connectivity index (χ2v) is 4.01. The van der Waals surface area contributed by atoms with E-state index >= 15 is 0 Å². The lowest BCUT2D eigenvalue weighted by atomic mass is 9.78. The highest BCUT2D eigenvalue weighted by atomic mass is 16.3. The summed E-state index contributed by atoms with van der Waals surface area (Å²) in [5.74, 6) is 0.913. The number of hydrogen-bond donors (Lipinski definition) is 2. The van der Waals surface area contributed by atoms with Gasteiger partial charge in [0, 0.05) is 0 Å². The van der Waals surface area contributed by atoms with Crippen LogP contribution < -0.4 is 0 Å². The molecule has 0 aromatic heterocycles. The Morgan fingerprint density at radius 3 is 2.33 bits per heavy atom. The fraction of sp³-hybridized carbons (Fsp3) is 1.00. The summed E-state index contributed by atoms with van der Waals surface area (Å²) < 4.78 is 0. The van der Waals surface area contributed by atoms with Gasteiger partial charge in [-0.05, 0) is 11.8 Å². The quantitative estimate of drug-likeness (QED) is 0.678. The van der Waals surface area contributed by atoms with E-state index < -0.39 is 6.10 Å². The molecule has 2 atom stereocenters. The first kappa shape index (κ1) is 10.0. The molecule has 12 heavy (non-hydrogen) atoms. The zero-order valence-electron chi connectivity index (χ0n) is 7.87. The standard InChI is InChI=1S/C10H20O2/c1-8(10(12)7-11)9-5-3-2-4-6-9/h8-12H,2-7H2,1H3. The van der Waals surface area contributed by atoms with Crippen LogP contribution in [0.4, 0.5) is 0 Å². The molecule has 2 N–H and O–H groups in total. The molecule has 2 heteroatoms. The fourth-order valence-electron chi connectivity index (χ4n) is 2.14. The van der Waals surface area contributed by atoms with Crippen molar-refractivity contribution in [3.8, 4) is 0 Å². The van der Waals surface area contributed by atoms with Gasteiger partial charge in [-0.1, -0.05) is 39.0 Å². The summed E-state index contributed by atoms with van der Waals surface area (Å²) in [6.07, 6.45) is 5.91. The largest absolute Gasteiger partial charge is 0.394 e. The Labute approximate surface area is 74.6 Å². The van der Waals surface area contributed by atoms with Crippen LogP contribution in [0.25, 0.3) is 0 Å². The topological polar surface area (TPSA) is 40.5 Å². The first-order chi connectivity index (χ1) is 5.75. The molecule has 1 saturated carbocycles. The first-order valence-electron chi connectivity index (χ1n) is 5.04. The maximum Gasteiger partial charge on any atom is 0.0799 e. The summed E-state index contributed by atoms with van der Waals surface area (Å²) in [6, 6.07) is 0. The highest BCUT2D eigenvalue weighted by molar-refractivity contribution is 4.75. The van der Waals surface area contributed by atoms with E-state index in [9.17, 15) is 5.11 Å². The first-order valence-corrected chi connectivity index (χ1v) is 5.04. The van der Waals surface area contributed by atoms with Crippen LogP contribution >= 0.6 is 0 Å². The van der Waals surface area contributed by atoms with Gasteiger partial charge in [-0.25, -0.2) is 0 Å². The number of hydrogen-bond acceptors (Lipinski definition) is 2. The van der Waals surface area contributed by atoms with Crippen molar-refractivity contribution in [1.29, 1.82) is 0 Å². The third kappa shape index (κ3) is 2.46. The number of rotatable bonds is 3. The molecule has 72 valence electrons. The molecule has 1 aliphatic carbocycles. The normalized spacial score (nSPS) is 25.2. The smallest absolute Gasteiger partial charge is 0.0799 e. The maximum absolute atomic E-state index is 9.43. The SMILES string of the molecule is CC(C(O)CO)C1CCCCC1. The molecule has 0 bridgehead atoms. The van der Waals surface area contributed by atoms with Crippen LogP contribution in [0.1, 0.15) is 39.0 Å². The minimum absolute atomic E-state index is 0.0856. The molecule has 0 radical (unpaired) electrons. The van der Waals surface area contributed by atoms with Crippen molar-refractivity contribution in [2.24, 2.45) is 11.8 Å². The van der Waals surface area contributed by atoms with Gasteiger partial charge in [0.2, 0.25) is 0 Å². The zero-order valence-corrected chi connectivity index (χ0v) is 7.87. The molecule has 2 nitrogen and oxygen atoms in total. The molecule has 2 unspecified atom stereocenters. The molecule has 1 fully saturated rings. The summed E-state index contributed by atoms with van der Waals surface area (Å²) in [6.45, 7) is 1.97. The van der Waals surface area contributed by atoms with E-state index in [0.29, 0.717) is 5.92 Å². The van der Waals surface area contributed by atoms with Crippen molar-refractivity contribution in [1.82, 2.24) is 0 Å². The van der Waals surface area contributed by atoms with Crippen molar-refractivity contribution in [2.45, 2.75) is 45.1 Å². The molecule has 0 aromatic rings. The highest BCUT2D eigenvalue weighted by Crippen LogP contribution is 2.31. The number of aliphatic hydroxyl groups is 2. The van der Waals surface area contributed by atoms with Crippen molar-refractivity contribution >= 4 is 0 Å². The van der Waals surface area contributed by atoms with Gasteiger partial charge in [-0.2, -0.15) is 0 Å². The summed E-state index contributed by atoms with van der Waals surface area (Å²) in [7, 11) is 0. The van der Waals surface area contributed by atoms with E-state index in [1.807, 2.05) is 0 Å². The fourth-order valence-corrected chi connectivity index (χ4v) is 2.14. The third-order valence-corrected chi connectivity index (χ3v) is 3.19. The third-order valence-electron chi connectivity index (χ3n) is 3.19. The molecule has 0 aromatic carbocycles. The van der Waals surface area contributed by atoms with Crippen LogP contribution in [0.5, 0.6) is 0 Å². The van der Waals surface area contributed by atoms with Gasteiger partial charge in [-0.3, -0.25) is 0 Å². The predicted molar refractivity (Wildman–Crippen MR) is 48.8 cm³/mol. The predicted octanol–water partition coefficient (Wildman–Crippen LogP) is 1.56. The van der Waals surface area contributed by atoms with E-state index in [2.05, 4.69) is 6.92 Å². The Kier molecular flexibility index (Phi) is 4.02. The second kappa shape index (κ2) is 4.83. The van der Waals surface area contributed by atoms with Gasteiger partial charge >= 0.3 is 0 Å². The summed E-state index contributed by atoms with van der Waals surface area (Å²) in [5, 5.41) is 18.2. The Hall–Kier alpha value is -0.0800. The van der Waals surface area contributed by atoms with Crippen molar-refractivity contribution in [2.75, 3.05) is 6.61 Å². The Balaban J connectivity index is 2.33. The Morgan fingerprint density at radius 1 is 1.25 bits per heavy atom.